The first kappa shape index (κ1) is 15.5. The van der Waals surface area contributed by atoms with Gasteiger partial charge in [-0.2, -0.15) is 4.98 Å². The number of nitro groups is 1. The molecule has 2 atom stereocenters. The summed E-state index contributed by atoms with van der Waals surface area (Å²) in [5.41, 5.74) is -0.0693. The minimum Gasteiger partial charge on any atom is -0.364 e. The lowest BCUT2D eigenvalue weighted by atomic mass is 9.80. The zero-order valence-corrected chi connectivity index (χ0v) is 12.6. The minimum absolute atomic E-state index is 0.0693. The molecule has 1 aromatic heterocycles. The van der Waals surface area contributed by atoms with Crippen LogP contribution in [0.3, 0.4) is 0 Å². The molecule has 1 aliphatic rings. The number of anilines is 2. The van der Waals surface area contributed by atoms with Crippen LogP contribution < -0.4 is 10.6 Å². The van der Waals surface area contributed by atoms with E-state index in [-0.39, 0.29) is 5.69 Å². The van der Waals surface area contributed by atoms with Gasteiger partial charge < -0.3 is 10.6 Å². The summed E-state index contributed by atoms with van der Waals surface area (Å²) in [7, 11) is 0. The van der Waals surface area contributed by atoms with E-state index in [1.165, 1.54) is 31.9 Å². The summed E-state index contributed by atoms with van der Waals surface area (Å²) in [4.78, 5) is 18.8. The molecule has 0 aromatic carbocycles. The topological polar surface area (TPSA) is 93.0 Å². The molecule has 1 aliphatic carbocycles. The normalized spacial score (nSPS) is 21.8. The van der Waals surface area contributed by atoms with E-state index in [9.17, 15) is 10.1 Å². The van der Waals surface area contributed by atoms with Crippen LogP contribution in [0.5, 0.6) is 0 Å². The second-order valence-electron chi connectivity index (χ2n) is 5.62. The highest BCUT2D eigenvalue weighted by molar-refractivity contribution is 5.56. The van der Waals surface area contributed by atoms with Crippen LogP contribution in [0.25, 0.3) is 0 Å². The zero-order chi connectivity index (χ0) is 15.2. The third-order valence-corrected chi connectivity index (χ3v) is 4.12. The molecule has 1 saturated carbocycles. The predicted octanol–water partition coefficient (Wildman–Crippen LogP) is 3.05. The van der Waals surface area contributed by atoms with Crippen molar-refractivity contribution in [1.29, 1.82) is 0 Å². The van der Waals surface area contributed by atoms with Crippen LogP contribution in [0.15, 0.2) is 6.20 Å². The third-order valence-electron chi connectivity index (χ3n) is 4.12. The van der Waals surface area contributed by atoms with Gasteiger partial charge in [0.2, 0.25) is 11.8 Å². The van der Waals surface area contributed by atoms with Crippen molar-refractivity contribution in [1.82, 2.24) is 9.97 Å². The summed E-state index contributed by atoms with van der Waals surface area (Å²) in [6, 6.07) is 0. The maximum absolute atomic E-state index is 11.1. The van der Waals surface area contributed by atoms with E-state index in [1.54, 1.807) is 0 Å². The highest BCUT2D eigenvalue weighted by Crippen LogP contribution is 2.30. The van der Waals surface area contributed by atoms with Crippen LogP contribution >= 0.6 is 0 Å². The molecule has 21 heavy (non-hydrogen) atoms. The molecule has 0 amide bonds. The number of rotatable bonds is 6. The van der Waals surface area contributed by atoms with Gasteiger partial charge in [-0.1, -0.05) is 26.2 Å². The third kappa shape index (κ3) is 4.03. The molecule has 1 aromatic rings. The first-order valence-corrected chi connectivity index (χ1v) is 7.61. The highest BCUT2D eigenvalue weighted by atomic mass is 16.6. The molecular weight excluding hydrogens is 270 g/mol. The molecule has 0 spiro atoms. The van der Waals surface area contributed by atoms with E-state index in [0.29, 0.717) is 30.1 Å². The fourth-order valence-corrected chi connectivity index (χ4v) is 2.81. The van der Waals surface area contributed by atoms with Crippen molar-refractivity contribution >= 4 is 17.5 Å². The number of aromatic nitrogens is 2. The van der Waals surface area contributed by atoms with Crippen molar-refractivity contribution in [2.24, 2.45) is 11.8 Å². The van der Waals surface area contributed by atoms with E-state index in [0.717, 1.165) is 6.54 Å². The maximum Gasteiger partial charge on any atom is 0.329 e. The standard InChI is InChI=1S/C14H23N5O2/c1-3-15-14-17-9-12(19(20)21)13(18-14)16-8-11-7-5-4-6-10(11)2/h9-11H,3-8H2,1-2H3,(H2,15,16,17,18). The van der Waals surface area contributed by atoms with Crippen molar-refractivity contribution < 1.29 is 4.92 Å². The Kier molecular flexibility index (Phi) is 5.30. The van der Waals surface area contributed by atoms with Crippen LogP contribution in [-0.2, 0) is 0 Å². The molecule has 0 bridgehead atoms. The molecule has 0 radical (unpaired) electrons. The second kappa shape index (κ2) is 7.19. The van der Waals surface area contributed by atoms with Gasteiger partial charge >= 0.3 is 5.69 Å². The second-order valence-corrected chi connectivity index (χ2v) is 5.62. The van der Waals surface area contributed by atoms with Gasteiger partial charge in [0, 0.05) is 13.1 Å². The summed E-state index contributed by atoms with van der Waals surface area (Å²) >= 11 is 0. The van der Waals surface area contributed by atoms with Crippen LogP contribution in [0, 0.1) is 22.0 Å². The highest BCUT2D eigenvalue weighted by Gasteiger charge is 2.23. The summed E-state index contributed by atoms with van der Waals surface area (Å²) in [6.07, 6.45) is 6.20. The van der Waals surface area contributed by atoms with E-state index in [1.807, 2.05) is 6.92 Å². The first-order chi connectivity index (χ1) is 10.1. The van der Waals surface area contributed by atoms with E-state index < -0.39 is 4.92 Å². The minimum atomic E-state index is -0.442. The lowest BCUT2D eigenvalue weighted by Crippen LogP contribution is -2.25. The van der Waals surface area contributed by atoms with Gasteiger partial charge in [-0.05, 0) is 25.2 Å². The van der Waals surface area contributed by atoms with Gasteiger partial charge in [-0.3, -0.25) is 10.1 Å². The number of hydrogen-bond acceptors (Lipinski definition) is 6. The quantitative estimate of drug-likeness (QED) is 0.618. The van der Waals surface area contributed by atoms with Gasteiger partial charge in [-0.15, -0.1) is 0 Å². The van der Waals surface area contributed by atoms with Gasteiger partial charge in [0.25, 0.3) is 0 Å². The van der Waals surface area contributed by atoms with E-state index in [2.05, 4.69) is 27.5 Å². The Hall–Kier alpha value is -1.92. The predicted molar refractivity (Wildman–Crippen MR) is 82.5 cm³/mol. The number of nitrogens with zero attached hydrogens (tertiary/aromatic N) is 3. The largest absolute Gasteiger partial charge is 0.364 e. The maximum atomic E-state index is 11.1. The monoisotopic (exact) mass is 293 g/mol. The fraction of sp³-hybridized carbons (Fsp3) is 0.714. The Balaban J connectivity index is 2.09. The summed E-state index contributed by atoms with van der Waals surface area (Å²) < 4.78 is 0. The van der Waals surface area contributed by atoms with Crippen LogP contribution in [-0.4, -0.2) is 28.0 Å². The van der Waals surface area contributed by atoms with E-state index >= 15 is 0 Å². The van der Waals surface area contributed by atoms with Crippen molar-refractivity contribution in [2.75, 3.05) is 23.7 Å². The van der Waals surface area contributed by atoms with Gasteiger partial charge in [-0.25, -0.2) is 4.98 Å². The first-order valence-electron chi connectivity index (χ1n) is 7.61. The molecule has 2 unspecified atom stereocenters. The molecule has 7 nitrogen and oxygen atoms in total. The molecule has 1 fully saturated rings. The zero-order valence-electron chi connectivity index (χ0n) is 12.6. The van der Waals surface area contributed by atoms with Crippen molar-refractivity contribution in [2.45, 2.75) is 39.5 Å². The molecule has 7 heteroatoms. The molecular formula is C14H23N5O2. The molecule has 0 aliphatic heterocycles. The smallest absolute Gasteiger partial charge is 0.329 e. The van der Waals surface area contributed by atoms with Gasteiger partial charge in [0.05, 0.1) is 4.92 Å². The number of nitrogens with one attached hydrogen (secondary N) is 2. The van der Waals surface area contributed by atoms with Gasteiger partial charge in [0.1, 0.15) is 6.20 Å². The van der Waals surface area contributed by atoms with Crippen molar-refractivity contribution in [3.63, 3.8) is 0 Å². The molecule has 2 rings (SSSR count). The number of hydrogen-bond donors (Lipinski definition) is 2. The van der Waals surface area contributed by atoms with Crippen LogP contribution in [0.2, 0.25) is 0 Å². The Labute approximate surface area is 124 Å². The fourth-order valence-electron chi connectivity index (χ4n) is 2.81. The average Bonchev–Trinajstić information content (AvgIpc) is 2.46. The molecule has 116 valence electrons. The Morgan fingerprint density at radius 1 is 1.38 bits per heavy atom. The van der Waals surface area contributed by atoms with Crippen molar-refractivity contribution in [3.05, 3.63) is 16.3 Å². The van der Waals surface area contributed by atoms with Crippen LogP contribution in [0.1, 0.15) is 39.5 Å². The molecule has 2 N–H and O–H groups in total. The summed E-state index contributed by atoms with van der Waals surface area (Å²) in [5.74, 6) is 1.93. The van der Waals surface area contributed by atoms with Gasteiger partial charge in [0.15, 0.2) is 0 Å². The Morgan fingerprint density at radius 3 is 2.81 bits per heavy atom. The SMILES string of the molecule is CCNc1ncc([N+](=O)[O-])c(NCC2CCCCC2C)n1. The molecule has 0 saturated heterocycles. The van der Waals surface area contributed by atoms with Crippen molar-refractivity contribution in [3.8, 4) is 0 Å². The van der Waals surface area contributed by atoms with E-state index in [4.69, 9.17) is 0 Å². The summed E-state index contributed by atoms with van der Waals surface area (Å²) in [5, 5.41) is 17.2. The Bertz CT molecular complexity index is 494. The van der Waals surface area contributed by atoms with Crippen LogP contribution in [0.4, 0.5) is 17.5 Å². The molecule has 1 heterocycles. The lowest BCUT2D eigenvalue weighted by Gasteiger charge is -2.28. The Morgan fingerprint density at radius 2 is 2.14 bits per heavy atom. The summed E-state index contributed by atoms with van der Waals surface area (Å²) in [6.45, 7) is 5.59. The lowest BCUT2D eigenvalue weighted by molar-refractivity contribution is -0.384. The average molecular weight is 293 g/mol.